The minimum Gasteiger partial charge on any atom is -0.245 e. The summed E-state index contributed by atoms with van der Waals surface area (Å²) in [6.45, 7) is 0. The van der Waals surface area contributed by atoms with Crippen molar-refractivity contribution in [3.8, 4) is 22.6 Å². The molecule has 0 radical (unpaired) electrons. The first-order chi connectivity index (χ1) is 28.2. The summed E-state index contributed by atoms with van der Waals surface area (Å²) in [5.41, 5.74) is 3.82. The molecule has 0 aliphatic rings. The van der Waals surface area contributed by atoms with E-state index in [0.717, 1.165) is 48.7 Å². The number of nitrogens with zero attached hydrogens (tertiary/aromatic N) is 3. The van der Waals surface area contributed by atoms with Gasteiger partial charge < -0.3 is 0 Å². The minimum absolute atomic E-state index is 0.670. The first kappa shape index (κ1) is 31.0. The zero-order chi connectivity index (χ0) is 37.2. The van der Waals surface area contributed by atoms with Crippen LogP contribution in [0.5, 0.6) is 0 Å². The molecule has 57 heavy (non-hydrogen) atoms. The Balaban J connectivity index is 1.08. The quantitative estimate of drug-likeness (QED) is 0.166. The molecule has 262 valence electrons. The van der Waals surface area contributed by atoms with E-state index in [4.69, 9.17) is 15.0 Å². The van der Waals surface area contributed by atoms with Gasteiger partial charge in [0.2, 0.25) is 0 Å². The van der Waals surface area contributed by atoms with Gasteiger partial charge in [-0.3, -0.25) is 0 Å². The fraction of sp³-hybridized carbons (Fsp3) is 0. The van der Waals surface area contributed by atoms with Gasteiger partial charge in [0.25, 0.3) is 0 Å². The van der Waals surface area contributed by atoms with Crippen LogP contribution >= 0.6 is 11.3 Å². The number of aromatic nitrogens is 3. The standard InChI is InChI=1S/C53H29N3S/c1-2-12-33-30(11-1)21-24-43-50(31-22-23-42-38-17-4-3-13-34(38)35-14-5-8-18-39(35)44(42)25-31)55-52(56-51(33)43)32-26-48-47-27-45-40-19-9-6-15-36(40)37-16-7-10-20-41(37)46(45)28-49(47)57-53(48)54-29-32/h1-29H. The second kappa shape index (κ2) is 11.6. The normalized spacial score (nSPS) is 12.2. The molecule has 0 aliphatic heterocycles. The van der Waals surface area contributed by atoms with Gasteiger partial charge >= 0.3 is 0 Å². The van der Waals surface area contributed by atoms with Gasteiger partial charge in [-0.15, -0.1) is 11.3 Å². The predicted molar refractivity (Wildman–Crippen MR) is 244 cm³/mol. The SMILES string of the molecule is c1ccc2c(c1)ccc1c(-c3ccc4c5ccccc5c5ccccc5c4c3)nc(-c3cnc4sc5cc6c7ccccc7c7ccccc7c6cc5c4c3)nc12. The summed E-state index contributed by atoms with van der Waals surface area (Å²) >= 11 is 1.75. The van der Waals surface area contributed by atoms with Gasteiger partial charge in [0, 0.05) is 43.6 Å². The van der Waals surface area contributed by atoms with Crippen LogP contribution in [0.25, 0.3) is 129 Å². The van der Waals surface area contributed by atoms with E-state index in [9.17, 15) is 0 Å². The predicted octanol–water partition coefficient (Wildman–Crippen LogP) is 14.8. The number of pyridine rings is 1. The summed E-state index contributed by atoms with van der Waals surface area (Å²) in [7, 11) is 0. The van der Waals surface area contributed by atoms with Crippen molar-refractivity contribution < 1.29 is 0 Å². The molecule has 13 rings (SSSR count). The largest absolute Gasteiger partial charge is 0.245 e. The highest BCUT2D eigenvalue weighted by Gasteiger charge is 2.18. The Morgan fingerprint density at radius 1 is 0.333 bits per heavy atom. The van der Waals surface area contributed by atoms with Crippen molar-refractivity contribution in [1.82, 2.24) is 15.0 Å². The van der Waals surface area contributed by atoms with Crippen LogP contribution in [0, 0.1) is 0 Å². The first-order valence-electron chi connectivity index (χ1n) is 19.3. The Labute approximate surface area is 330 Å². The van der Waals surface area contributed by atoms with E-state index in [1.807, 2.05) is 6.20 Å². The summed E-state index contributed by atoms with van der Waals surface area (Å²) in [6.07, 6.45) is 1.96. The Hall–Kier alpha value is -7.27. The fourth-order valence-corrected chi connectivity index (χ4v) is 10.5. The summed E-state index contributed by atoms with van der Waals surface area (Å²) in [5, 5.41) is 20.7. The van der Waals surface area contributed by atoms with Crippen LogP contribution in [0.1, 0.15) is 0 Å². The smallest absolute Gasteiger partial charge is 0.162 e. The van der Waals surface area contributed by atoms with E-state index in [1.54, 1.807) is 11.3 Å². The zero-order valence-corrected chi connectivity index (χ0v) is 31.3. The molecular formula is C53H29N3S. The average Bonchev–Trinajstić information content (AvgIpc) is 3.65. The molecule has 0 amide bonds. The lowest BCUT2D eigenvalue weighted by Crippen LogP contribution is -1.97. The van der Waals surface area contributed by atoms with Gasteiger partial charge in [-0.2, -0.15) is 0 Å². The summed E-state index contributed by atoms with van der Waals surface area (Å²) in [6, 6.07) is 61.8. The van der Waals surface area contributed by atoms with Crippen LogP contribution in [0.4, 0.5) is 0 Å². The lowest BCUT2D eigenvalue weighted by atomic mass is 9.92. The van der Waals surface area contributed by atoms with Crippen LogP contribution in [0.3, 0.4) is 0 Å². The van der Waals surface area contributed by atoms with E-state index in [1.165, 1.54) is 74.7 Å². The van der Waals surface area contributed by atoms with Crippen LogP contribution in [-0.2, 0) is 0 Å². The lowest BCUT2D eigenvalue weighted by Gasteiger charge is -2.14. The van der Waals surface area contributed by atoms with Gasteiger partial charge in [0.05, 0.1) is 11.2 Å². The summed E-state index contributed by atoms with van der Waals surface area (Å²) in [4.78, 5) is 16.9. The Morgan fingerprint density at radius 2 is 0.825 bits per heavy atom. The topological polar surface area (TPSA) is 38.7 Å². The van der Waals surface area contributed by atoms with E-state index in [-0.39, 0.29) is 0 Å². The van der Waals surface area contributed by atoms with Crippen LogP contribution in [0.15, 0.2) is 176 Å². The molecular weight excluding hydrogens is 711 g/mol. The average molecular weight is 740 g/mol. The maximum absolute atomic E-state index is 5.45. The number of hydrogen-bond acceptors (Lipinski definition) is 4. The molecule has 0 bridgehead atoms. The van der Waals surface area contributed by atoms with Crippen LogP contribution in [0.2, 0.25) is 0 Å². The molecule has 0 aliphatic carbocycles. The van der Waals surface area contributed by atoms with Crippen LogP contribution < -0.4 is 0 Å². The zero-order valence-electron chi connectivity index (χ0n) is 30.5. The van der Waals surface area contributed by atoms with Crippen molar-refractivity contribution in [2.75, 3.05) is 0 Å². The molecule has 4 heteroatoms. The summed E-state index contributed by atoms with van der Waals surface area (Å²) < 4.78 is 1.23. The Bertz CT molecular complexity index is 3850. The monoisotopic (exact) mass is 739 g/mol. The highest BCUT2D eigenvalue weighted by Crippen LogP contribution is 2.43. The molecule has 3 heterocycles. The van der Waals surface area contributed by atoms with Crippen LogP contribution in [-0.4, -0.2) is 15.0 Å². The van der Waals surface area contributed by atoms with Gasteiger partial charge in [0.15, 0.2) is 5.82 Å². The van der Waals surface area contributed by atoms with Gasteiger partial charge in [0.1, 0.15) is 4.83 Å². The number of hydrogen-bond donors (Lipinski definition) is 0. The lowest BCUT2D eigenvalue weighted by molar-refractivity contribution is 1.23. The van der Waals surface area contributed by atoms with Gasteiger partial charge in [-0.1, -0.05) is 140 Å². The molecule has 3 nitrogen and oxygen atoms in total. The van der Waals surface area contributed by atoms with Crippen molar-refractivity contribution in [3.63, 3.8) is 0 Å². The highest BCUT2D eigenvalue weighted by atomic mass is 32.1. The second-order valence-electron chi connectivity index (χ2n) is 15.1. The first-order valence-corrected chi connectivity index (χ1v) is 20.2. The molecule has 0 saturated carbocycles. The van der Waals surface area contributed by atoms with Crippen molar-refractivity contribution >= 4 is 118 Å². The van der Waals surface area contributed by atoms with E-state index >= 15 is 0 Å². The molecule has 10 aromatic carbocycles. The highest BCUT2D eigenvalue weighted by molar-refractivity contribution is 7.25. The molecule has 13 aromatic rings. The van der Waals surface area contributed by atoms with E-state index in [2.05, 4.69) is 170 Å². The third kappa shape index (κ3) is 4.44. The maximum atomic E-state index is 5.45. The van der Waals surface area contributed by atoms with E-state index in [0.29, 0.717) is 5.82 Å². The second-order valence-corrected chi connectivity index (χ2v) is 16.1. The van der Waals surface area contributed by atoms with Crippen molar-refractivity contribution in [2.24, 2.45) is 0 Å². The maximum Gasteiger partial charge on any atom is 0.162 e. The number of fused-ring (bicyclic) bond motifs is 18. The number of thiophene rings is 1. The molecule has 0 spiro atoms. The Morgan fingerprint density at radius 3 is 1.46 bits per heavy atom. The number of benzene rings is 10. The third-order valence-electron chi connectivity index (χ3n) is 12.1. The third-order valence-corrected chi connectivity index (χ3v) is 13.1. The molecule has 3 aromatic heterocycles. The fourth-order valence-electron chi connectivity index (χ4n) is 9.45. The molecule has 0 N–H and O–H groups in total. The molecule has 0 unspecified atom stereocenters. The summed E-state index contributed by atoms with van der Waals surface area (Å²) in [5.74, 6) is 0.670. The van der Waals surface area contributed by atoms with Crippen molar-refractivity contribution in [2.45, 2.75) is 0 Å². The Kier molecular flexibility index (Phi) is 6.32. The van der Waals surface area contributed by atoms with E-state index < -0.39 is 0 Å². The van der Waals surface area contributed by atoms with Crippen molar-refractivity contribution in [3.05, 3.63) is 176 Å². The minimum atomic E-state index is 0.670. The van der Waals surface area contributed by atoms with Gasteiger partial charge in [-0.05, 0) is 100 Å². The molecule has 0 atom stereocenters. The molecule has 0 saturated heterocycles. The van der Waals surface area contributed by atoms with Gasteiger partial charge in [-0.25, -0.2) is 15.0 Å². The molecule has 0 fully saturated rings. The van der Waals surface area contributed by atoms with Crippen molar-refractivity contribution in [1.29, 1.82) is 0 Å². The number of rotatable bonds is 2.